The molecule has 0 saturated carbocycles. The average molecular weight is 218 g/mol. The average Bonchev–Trinajstić information content (AvgIpc) is 2.20. The van der Waals surface area contributed by atoms with E-state index in [0.29, 0.717) is 0 Å². The van der Waals surface area contributed by atoms with E-state index in [4.69, 9.17) is 16.6 Å². The number of hydrogen-bond donors (Lipinski definition) is 4. The number of alkyl halides is 2. The number of aromatic nitrogens is 1. The monoisotopic (exact) mass is 218 g/mol. The van der Waals surface area contributed by atoms with E-state index in [-0.39, 0.29) is 17.3 Å². The largest absolute Gasteiger partial charge is 0.396 e. The van der Waals surface area contributed by atoms with Gasteiger partial charge < -0.3 is 21.9 Å². The molecule has 1 aromatic rings. The number of rotatable bonds is 4. The predicted molar refractivity (Wildman–Crippen MR) is 53.6 cm³/mol. The Morgan fingerprint density at radius 2 is 2.07 bits per heavy atom. The van der Waals surface area contributed by atoms with Crippen LogP contribution in [0, 0.1) is 0 Å². The Bertz CT molecular complexity index is 345. The Kier molecular flexibility index (Phi) is 3.25. The van der Waals surface area contributed by atoms with Crippen LogP contribution in [0.15, 0.2) is 12.1 Å². The molecule has 1 aromatic heterocycles. The van der Waals surface area contributed by atoms with Crippen LogP contribution in [-0.4, -0.2) is 29.2 Å². The maximum Gasteiger partial charge on any atom is 0.287 e. The minimum Gasteiger partial charge on any atom is -0.396 e. The highest BCUT2D eigenvalue weighted by Crippen LogP contribution is 2.17. The van der Waals surface area contributed by atoms with E-state index < -0.39 is 19.1 Å². The molecule has 7 heteroatoms. The molecule has 1 rings (SSSR count). The number of hydrogen-bond acceptors (Lipinski definition) is 5. The first-order valence-electron chi connectivity index (χ1n) is 4.19. The van der Waals surface area contributed by atoms with Gasteiger partial charge in [-0.3, -0.25) is 0 Å². The van der Waals surface area contributed by atoms with Crippen LogP contribution in [-0.2, 0) is 0 Å². The molecule has 0 unspecified atom stereocenters. The minimum atomic E-state index is -3.18. The molecule has 0 aromatic carbocycles. The Labute approximate surface area is 85.1 Å². The summed E-state index contributed by atoms with van der Waals surface area (Å²) < 4.78 is 25.2. The number of pyridine rings is 1. The van der Waals surface area contributed by atoms with E-state index in [1.807, 2.05) is 0 Å². The summed E-state index contributed by atoms with van der Waals surface area (Å²) in [5.74, 6) is -2.92. The van der Waals surface area contributed by atoms with Gasteiger partial charge in [0.05, 0.1) is 12.2 Å². The van der Waals surface area contributed by atoms with E-state index >= 15 is 0 Å². The van der Waals surface area contributed by atoms with E-state index in [0.717, 1.165) is 0 Å². The second-order valence-corrected chi connectivity index (χ2v) is 3.04. The molecular formula is C8H12F2N4O. The first-order valence-corrected chi connectivity index (χ1v) is 4.19. The molecule has 0 aliphatic rings. The van der Waals surface area contributed by atoms with E-state index in [1.54, 1.807) is 0 Å². The number of anilines is 3. The topological polar surface area (TPSA) is 97.2 Å². The van der Waals surface area contributed by atoms with Gasteiger partial charge in [0.2, 0.25) is 0 Å². The van der Waals surface area contributed by atoms with Crippen LogP contribution >= 0.6 is 0 Å². The quantitative estimate of drug-likeness (QED) is 0.582. The van der Waals surface area contributed by atoms with Crippen LogP contribution in [0.25, 0.3) is 0 Å². The highest BCUT2D eigenvalue weighted by Gasteiger charge is 2.27. The molecule has 0 amide bonds. The van der Waals surface area contributed by atoms with Gasteiger partial charge >= 0.3 is 0 Å². The molecule has 5 nitrogen and oxygen atoms in total. The highest BCUT2D eigenvalue weighted by molar-refractivity contribution is 5.61. The molecule has 0 radical (unpaired) electrons. The first-order chi connectivity index (χ1) is 6.94. The molecule has 15 heavy (non-hydrogen) atoms. The zero-order chi connectivity index (χ0) is 11.5. The highest BCUT2D eigenvalue weighted by atomic mass is 19.3. The van der Waals surface area contributed by atoms with Crippen molar-refractivity contribution in [2.75, 3.05) is 29.9 Å². The van der Waals surface area contributed by atoms with Gasteiger partial charge in [0.15, 0.2) is 0 Å². The summed E-state index contributed by atoms with van der Waals surface area (Å²) in [6.45, 7) is -1.93. The van der Waals surface area contributed by atoms with Crippen molar-refractivity contribution in [1.29, 1.82) is 0 Å². The van der Waals surface area contributed by atoms with Gasteiger partial charge in [-0.2, -0.15) is 0 Å². The van der Waals surface area contributed by atoms with Crippen LogP contribution in [0.4, 0.5) is 26.1 Å². The predicted octanol–water partition coefficient (Wildman–Crippen LogP) is 0.286. The second kappa shape index (κ2) is 4.26. The lowest BCUT2D eigenvalue weighted by Gasteiger charge is -2.14. The molecule has 6 N–H and O–H groups in total. The molecule has 0 fully saturated rings. The molecular weight excluding hydrogens is 206 g/mol. The normalized spacial score (nSPS) is 11.4. The van der Waals surface area contributed by atoms with Gasteiger partial charge in [-0.25, -0.2) is 13.8 Å². The maximum absolute atomic E-state index is 12.6. The van der Waals surface area contributed by atoms with Crippen molar-refractivity contribution in [3.8, 4) is 0 Å². The summed E-state index contributed by atoms with van der Waals surface area (Å²) in [5, 5.41) is 10.7. The van der Waals surface area contributed by atoms with E-state index in [1.165, 1.54) is 12.1 Å². The lowest BCUT2D eigenvalue weighted by molar-refractivity contribution is -0.0373. The smallest absolute Gasteiger partial charge is 0.287 e. The molecule has 0 aliphatic heterocycles. The zero-order valence-electron chi connectivity index (χ0n) is 7.87. The number of nitrogen functional groups attached to an aromatic ring is 2. The summed E-state index contributed by atoms with van der Waals surface area (Å²) in [6, 6.07) is 2.89. The fraction of sp³-hybridized carbons (Fsp3) is 0.375. The molecule has 0 aliphatic carbocycles. The Balaban J connectivity index is 2.62. The van der Waals surface area contributed by atoms with Gasteiger partial charge in [-0.15, -0.1) is 0 Å². The van der Waals surface area contributed by atoms with Gasteiger partial charge in [-0.05, 0) is 12.1 Å². The van der Waals surface area contributed by atoms with Gasteiger partial charge in [-0.1, -0.05) is 0 Å². The summed E-state index contributed by atoms with van der Waals surface area (Å²) in [5.41, 5.74) is 11.1. The summed E-state index contributed by atoms with van der Waals surface area (Å²) in [4.78, 5) is 3.74. The summed E-state index contributed by atoms with van der Waals surface area (Å²) in [6.07, 6.45) is 0. The first kappa shape index (κ1) is 11.4. The number of nitrogens with zero attached hydrogens (tertiary/aromatic N) is 1. The van der Waals surface area contributed by atoms with Gasteiger partial charge in [0.1, 0.15) is 18.2 Å². The van der Waals surface area contributed by atoms with Crippen LogP contribution in [0.2, 0.25) is 0 Å². The van der Waals surface area contributed by atoms with Crippen LogP contribution in [0.5, 0.6) is 0 Å². The molecule has 0 spiro atoms. The molecule has 1 heterocycles. The second-order valence-electron chi connectivity index (χ2n) is 3.04. The third kappa shape index (κ3) is 3.21. The lowest BCUT2D eigenvalue weighted by Crippen LogP contribution is -2.31. The van der Waals surface area contributed by atoms with Crippen molar-refractivity contribution in [3.63, 3.8) is 0 Å². The van der Waals surface area contributed by atoms with Gasteiger partial charge in [0, 0.05) is 0 Å². The Hall–Kier alpha value is -1.63. The Morgan fingerprint density at radius 3 is 2.60 bits per heavy atom. The molecule has 0 saturated heterocycles. The Morgan fingerprint density at radius 1 is 1.40 bits per heavy atom. The van der Waals surface area contributed by atoms with Gasteiger partial charge in [0.25, 0.3) is 5.92 Å². The summed E-state index contributed by atoms with van der Waals surface area (Å²) in [7, 11) is 0. The summed E-state index contributed by atoms with van der Waals surface area (Å²) >= 11 is 0. The maximum atomic E-state index is 12.6. The number of nitrogens with one attached hydrogen (secondary N) is 1. The van der Waals surface area contributed by atoms with E-state index in [2.05, 4.69) is 10.3 Å². The van der Waals surface area contributed by atoms with Crippen molar-refractivity contribution in [1.82, 2.24) is 4.98 Å². The number of aliphatic hydroxyl groups excluding tert-OH is 1. The fourth-order valence-electron chi connectivity index (χ4n) is 0.860. The number of aliphatic hydroxyl groups is 1. The van der Waals surface area contributed by atoms with E-state index in [9.17, 15) is 8.78 Å². The van der Waals surface area contributed by atoms with Crippen molar-refractivity contribution in [3.05, 3.63) is 12.1 Å². The third-order valence-corrected chi connectivity index (χ3v) is 1.72. The van der Waals surface area contributed by atoms with Crippen LogP contribution in [0.1, 0.15) is 0 Å². The number of halogens is 2. The standard InChI is InChI=1S/C8H12F2N4O/c9-8(10,4-15)3-13-6-2-1-5(11)7(12)14-6/h1-2,15H,3-4,11H2,(H3,12,13,14). The molecule has 0 bridgehead atoms. The van der Waals surface area contributed by atoms with Crippen molar-refractivity contribution in [2.24, 2.45) is 0 Å². The SMILES string of the molecule is Nc1ccc(NCC(F)(F)CO)nc1N. The van der Waals surface area contributed by atoms with Crippen LogP contribution < -0.4 is 16.8 Å². The van der Waals surface area contributed by atoms with Crippen molar-refractivity contribution >= 4 is 17.3 Å². The fourth-order valence-corrected chi connectivity index (χ4v) is 0.860. The number of nitrogens with two attached hydrogens (primary N) is 2. The third-order valence-electron chi connectivity index (χ3n) is 1.72. The van der Waals surface area contributed by atoms with Crippen molar-refractivity contribution < 1.29 is 13.9 Å². The van der Waals surface area contributed by atoms with Crippen molar-refractivity contribution in [2.45, 2.75) is 5.92 Å². The minimum absolute atomic E-state index is 0.0762. The molecule has 0 atom stereocenters. The zero-order valence-corrected chi connectivity index (χ0v) is 7.87. The molecule has 84 valence electrons. The lowest BCUT2D eigenvalue weighted by atomic mass is 10.3. The van der Waals surface area contributed by atoms with Crippen LogP contribution in [0.3, 0.4) is 0 Å².